The van der Waals surface area contributed by atoms with Crippen molar-refractivity contribution >= 4 is 0 Å². The van der Waals surface area contributed by atoms with Gasteiger partial charge < -0.3 is 9.80 Å². The molecule has 1 heterocycles. The SMILES string of the molecule is C.CN1C=CN(C)C1. The molecular formula is C6H14N2. The molecule has 0 N–H and O–H groups in total. The van der Waals surface area contributed by atoms with E-state index in [9.17, 15) is 0 Å². The van der Waals surface area contributed by atoms with Crippen LogP contribution in [0.4, 0.5) is 0 Å². The lowest BCUT2D eigenvalue weighted by Gasteiger charge is -2.10. The first kappa shape index (κ1) is 7.34. The summed E-state index contributed by atoms with van der Waals surface area (Å²) in [5.74, 6) is 0. The van der Waals surface area contributed by atoms with E-state index in [2.05, 4.69) is 36.3 Å². The molecule has 0 fully saturated rings. The van der Waals surface area contributed by atoms with E-state index in [4.69, 9.17) is 0 Å². The van der Waals surface area contributed by atoms with Crippen molar-refractivity contribution in [2.24, 2.45) is 0 Å². The zero-order chi connectivity index (χ0) is 5.28. The summed E-state index contributed by atoms with van der Waals surface area (Å²) < 4.78 is 0. The van der Waals surface area contributed by atoms with E-state index in [0.29, 0.717) is 0 Å². The summed E-state index contributed by atoms with van der Waals surface area (Å²) in [5.41, 5.74) is 0. The molecule has 2 nitrogen and oxygen atoms in total. The van der Waals surface area contributed by atoms with Gasteiger partial charge in [0.25, 0.3) is 0 Å². The van der Waals surface area contributed by atoms with Gasteiger partial charge in [0, 0.05) is 26.5 Å². The lowest BCUT2D eigenvalue weighted by Crippen LogP contribution is -2.17. The second kappa shape index (κ2) is 2.60. The number of rotatable bonds is 0. The summed E-state index contributed by atoms with van der Waals surface area (Å²) in [7, 11) is 4.11. The van der Waals surface area contributed by atoms with Gasteiger partial charge in [0.05, 0.1) is 6.67 Å². The third-order valence-corrected chi connectivity index (χ3v) is 1.02. The van der Waals surface area contributed by atoms with Crippen LogP contribution in [0.25, 0.3) is 0 Å². The molecule has 1 aliphatic heterocycles. The molecule has 8 heavy (non-hydrogen) atoms. The van der Waals surface area contributed by atoms with Gasteiger partial charge in [-0.2, -0.15) is 0 Å². The first-order valence-electron chi connectivity index (χ1n) is 2.38. The van der Waals surface area contributed by atoms with Crippen molar-refractivity contribution < 1.29 is 0 Å². The molecule has 0 saturated carbocycles. The molecular weight excluding hydrogens is 100 g/mol. The summed E-state index contributed by atoms with van der Waals surface area (Å²) in [6.07, 6.45) is 4.11. The Bertz CT molecular complexity index is 78.5. The highest BCUT2D eigenvalue weighted by molar-refractivity contribution is 4.85. The van der Waals surface area contributed by atoms with Gasteiger partial charge in [-0.05, 0) is 0 Å². The second-order valence-corrected chi connectivity index (χ2v) is 1.95. The maximum atomic E-state index is 2.12. The van der Waals surface area contributed by atoms with Gasteiger partial charge in [-0.1, -0.05) is 7.43 Å². The Kier molecular flexibility index (Phi) is 2.38. The molecule has 48 valence electrons. The van der Waals surface area contributed by atoms with Crippen molar-refractivity contribution in [3.05, 3.63) is 12.4 Å². The zero-order valence-corrected chi connectivity index (χ0v) is 4.76. The van der Waals surface area contributed by atoms with Crippen molar-refractivity contribution in [1.29, 1.82) is 0 Å². The lowest BCUT2D eigenvalue weighted by atomic mass is 10.9. The highest BCUT2D eigenvalue weighted by atomic mass is 15.3. The maximum Gasteiger partial charge on any atom is 0.0887 e. The van der Waals surface area contributed by atoms with Crippen molar-refractivity contribution in [3.8, 4) is 0 Å². The molecule has 0 radical (unpaired) electrons. The standard InChI is InChI=1S/C5H10N2.CH4/c1-6-3-4-7(2)5-6;/h3-4H,5H2,1-2H3;1H4. The van der Waals surface area contributed by atoms with E-state index in [-0.39, 0.29) is 7.43 Å². The van der Waals surface area contributed by atoms with Crippen LogP contribution in [0.2, 0.25) is 0 Å². The van der Waals surface area contributed by atoms with E-state index < -0.39 is 0 Å². The van der Waals surface area contributed by atoms with Crippen LogP contribution in [-0.4, -0.2) is 30.6 Å². The van der Waals surface area contributed by atoms with Crippen LogP contribution in [0.5, 0.6) is 0 Å². The van der Waals surface area contributed by atoms with Crippen LogP contribution in [0.1, 0.15) is 7.43 Å². The van der Waals surface area contributed by atoms with Crippen LogP contribution in [0.3, 0.4) is 0 Å². The first-order valence-corrected chi connectivity index (χ1v) is 2.38. The molecule has 0 aromatic carbocycles. The van der Waals surface area contributed by atoms with Crippen LogP contribution in [0, 0.1) is 0 Å². The van der Waals surface area contributed by atoms with E-state index in [1.165, 1.54) is 0 Å². The fraction of sp³-hybridized carbons (Fsp3) is 0.667. The van der Waals surface area contributed by atoms with Crippen molar-refractivity contribution in [2.75, 3.05) is 20.8 Å². The number of hydrogen-bond acceptors (Lipinski definition) is 2. The Balaban J connectivity index is 0.000000490. The first-order chi connectivity index (χ1) is 3.29. The largest absolute Gasteiger partial charge is 0.362 e. The average Bonchev–Trinajstić information content (AvgIpc) is 1.87. The van der Waals surface area contributed by atoms with Gasteiger partial charge in [0.15, 0.2) is 0 Å². The average molecular weight is 114 g/mol. The van der Waals surface area contributed by atoms with E-state index in [1.807, 2.05) is 0 Å². The third-order valence-electron chi connectivity index (χ3n) is 1.02. The fourth-order valence-electron chi connectivity index (χ4n) is 0.674. The minimum Gasteiger partial charge on any atom is -0.362 e. The molecule has 0 aromatic heterocycles. The molecule has 0 spiro atoms. The summed E-state index contributed by atoms with van der Waals surface area (Å²) in [4.78, 5) is 4.25. The second-order valence-electron chi connectivity index (χ2n) is 1.95. The predicted octanol–water partition coefficient (Wildman–Crippen LogP) is 0.928. The topological polar surface area (TPSA) is 6.48 Å². The van der Waals surface area contributed by atoms with E-state index in [0.717, 1.165) is 6.67 Å². The minimum absolute atomic E-state index is 0. The molecule has 0 aromatic rings. The molecule has 0 atom stereocenters. The molecule has 1 aliphatic rings. The van der Waals surface area contributed by atoms with Gasteiger partial charge in [-0.25, -0.2) is 0 Å². The smallest absolute Gasteiger partial charge is 0.0887 e. The van der Waals surface area contributed by atoms with Crippen molar-refractivity contribution in [3.63, 3.8) is 0 Å². The van der Waals surface area contributed by atoms with E-state index in [1.54, 1.807) is 0 Å². The number of nitrogens with zero attached hydrogens (tertiary/aromatic N) is 2. The predicted molar refractivity (Wildman–Crippen MR) is 36.3 cm³/mol. The Labute approximate surface area is 51.4 Å². The number of hydrogen-bond donors (Lipinski definition) is 0. The van der Waals surface area contributed by atoms with Crippen molar-refractivity contribution in [2.45, 2.75) is 7.43 Å². The highest BCUT2D eigenvalue weighted by Crippen LogP contribution is 1.97. The maximum absolute atomic E-state index is 2.12. The Morgan fingerprint density at radius 1 is 1.12 bits per heavy atom. The molecule has 0 bridgehead atoms. The summed E-state index contributed by atoms with van der Waals surface area (Å²) >= 11 is 0. The molecule has 2 heteroatoms. The Morgan fingerprint density at radius 2 is 1.50 bits per heavy atom. The summed E-state index contributed by atoms with van der Waals surface area (Å²) in [6, 6.07) is 0. The molecule has 1 rings (SSSR count). The quantitative estimate of drug-likeness (QED) is 0.462. The van der Waals surface area contributed by atoms with Gasteiger partial charge in [-0.3, -0.25) is 0 Å². The Hall–Kier alpha value is -0.660. The normalized spacial score (nSPS) is 16.8. The van der Waals surface area contributed by atoms with Gasteiger partial charge in [0.2, 0.25) is 0 Å². The Morgan fingerprint density at radius 3 is 1.62 bits per heavy atom. The molecule has 0 amide bonds. The summed E-state index contributed by atoms with van der Waals surface area (Å²) in [5, 5.41) is 0. The lowest BCUT2D eigenvalue weighted by molar-refractivity contribution is 0.340. The monoisotopic (exact) mass is 114 g/mol. The van der Waals surface area contributed by atoms with Crippen LogP contribution in [0.15, 0.2) is 12.4 Å². The van der Waals surface area contributed by atoms with Crippen LogP contribution in [-0.2, 0) is 0 Å². The van der Waals surface area contributed by atoms with Gasteiger partial charge in [0.1, 0.15) is 0 Å². The van der Waals surface area contributed by atoms with Crippen molar-refractivity contribution in [1.82, 2.24) is 9.80 Å². The van der Waals surface area contributed by atoms with E-state index >= 15 is 0 Å². The van der Waals surface area contributed by atoms with Gasteiger partial charge >= 0.3 is 0 Å². The minimum atomic E-state index is 0. The highest BCUT2D eigenvalue weighted by Gasteiger charge is 1.99. The molecule has 0 aliphatic carbocycles. The molecule has 0 unspecified atom stereocenters. The fourth-order valence-corrected chi connectivity index (χ4v) is 0.674. The molecule has 0 saturated heterocycles. The third kappa shape index (κ3) is 1.45. The van der Waals surface area contributed by atoms with Crippen LogP contribution >= 0.6 is 0 Å². The summed E-state index contributed by atoms with van der Waals surface area (Å²) in [6.45, 7) is 1.03. The van der Waals surface area contributed by atoms with Gasteiger partial charge in [-0.15, -0.1) is 0 Å². The van der Waals surface area contributed by atoms with Crippen LogP contribution < -0.4 is 0 Å². The zero-order valence-electron chi connectivity index (χ0n) is 4.76.